The largest absolute Gasteiger partial charge is 0.488 e. The second-order valence-corrected chi connectivity index (χ2v) is 13.7. The topological polar surface area (TPSA) is 111 Å². The van der Waals surface area contributed by atoms with Crippen LogP contribution in [0.3, 0.4) is 0 Å². The van der Waals surface area contributed by atoms with Gasteiger partial charge < -0.3 is 15.8 Å². The predicted octanol–water partition coefficient (Wildman–Crippen LogP) is 8.62. The molecule has 5 aromatic rings. The van der Waals surface area contributed by atoms with Gasteiger partial charge in [0.05, 0.1) is 22.5 Å². The maximum absolute atomic E-state index is 14.0. The van der Waals surface area contributed by atoms with E-state index in [-0.39, 0.29) is 41.8 Å². The fourth-order valence-corrected chi connectivity index (χ4v) is 5.98. The van der Waals surface area contributed by atoms with Crippen molar-refractivity contribution >= 4 is 28.4 Å². The van der Waals surface area contributed by atoms with E-state index in [0.717, 1.165) is 17.2 Å². The molecule has 14 heteroatoms. The molecular weight excluding hydrogens is 733 g/mol. The lowest BCUT2D eigenvalue weighted by atomic mass is 9.96. The lowest BCUT2D eigenvalue weighted by Gasteiger charge is -2.19. The number of amides is 2. The summed E-state index contributed by atoms with van der Waals surface area (Å²) >= 11 is 0. The van der Waals surface area contributed by atoms with Gasteiger partial charge in [-0.15, -0.1) is 0 Å². The number of nitrogens with one attached hydrogen (secondary N) is 1. The summed E-state index contributed by atoms with van der Waals surface area (Å²) in [4.78, 5) is 31.8. The first-order chi connectivity index (χ1) is 25.5. The molecule has 54 heavy (non-hydrogen) atoms. The Morgan fingerprint density at radius 2 is 1.30 bits per heavy atom. The Balaban J connectivity index is 1.50. The van der Waals surface area contributed by atoms with E-state index in [4.69, 9.17) is 10.5 Å². The first-order valence-electron chi connectivity index (χ1n) is 16.3. The van der Waals surface area contributed by atoms with Gasteiger partial charge in [0.15, 0.2) is 0 Å². The number of hydrogen-bond acceptors (Lipinski definition) is 4. The van der Waals surface area contributed by atoms with E-state index in [2.05, 4.69) is 10.3 Å². The molecule has 0 aliphatic heterocycles. The summed E-state index contributed by atoms with van der Waals surface area (Å²) in [6, 6.07) is 26.5. The average molecular weight is 766 g/mol. The van der Waals surface area contributed by atoms with Gasteiger partial charge in [0, 0.05) is 28.4 Å². The number of hydrogen-bond donors (Lipinski definition) is 2. The van der Waals surface area contributed by atoms with Gasteiger partial charge in [-0.1, -0.05) is 72.8 Å². The maximum Gasteiger partial charge on any atom is 0.416 e. The van der Waals surface area contributed by atoms with Crippen LogP contribution in [0.15, 0.2) is 125 Å². The summed E-state index contributed by atoms with van der Waals surface area (Å²) in [7, 11) is -1.14. The Morgan fingerprint density at radius 1 is 0.741 bits per heavy atom. The molecule has 0 heterocycles. The third kappa shape index (κ3) is 10.2. The molecule has 0 saturated heterocycles. The number of nitrogens with two attached hydrogens (primary N) is 1. The maximum atomic E-state index is 14.0. The zero-order chi connectivity index (χ0) is 39.2. The van der Waals surface area contributed by atoms with Crippen molar-refractivity contribution in [3.63, 3.8) is 0 Å². The molecule has 7 nitrogen and oxygen atoms in total. The molecule has 5 rings (SSSR count). The number of aliphatic imine (C=N–C) groups is 1. The second-order valence-electron chi connectivity index (χ2n) is 12.3. The van der Waals surface area contributed by atoms with Crippen LogP contribution in [-0.4, -0.2) is 34.2 Å². The van der Waals surface area contributed by atoms with Crippen molar-refractivity contribution in [2.45, 2.75) is 43.2 Å². The lowest BCUT2D eigenvalue weighted by Crippen LogP contribution is -2.42. The molecule has 5 aromatic carbocycles. The molecule has 0 aromatic heterocycles. The molecule has 0 fully saturated rings. The number of amidine groups is 1. The molecule has 280 valence electrons. The van der Waals surface area contributed by atoms with Crippen LogP contribution in [-0.2, 0) is 41.0 Å². The minimum atomic E-state index is -5.09. The van der Waals surface area contributed by atoms with Crippen LogP contribution in [0.2, 0.25) is 0 Å². The van der Waals surface area contributed by atoms with Crippen molar-refractivity contribution in [1.82, 2.24) is 5.32 Å². The van der Waals surface area contributed by atoms with Crippen molar-refractivity contribution in [3.05, 3.63) is 143 Å². The smallest absolute Gasteiger partial charge is 0.416 e. The number of carbonyl (C=O) groups is 2. The third-order valence-corrected chi connectivity index (χ3v) is 9.12. The van der Waals surface area contributed by atoms with E-state index in [0.29, 0.717) is 28.2 Å². The van der Waals surface area contributed by atoms with E-state index in [1.54, 1.807) is 73.0 Å². The van der Waals surface area contributed by atoms with Crippen LogP contribution in [0.1, 0.15) is 39.5 Å². The lowest BCUT2D eigenvalue weighted by molar-refractivity contribution is -0.143. The number of benzene rings is 5. The Hall–Kier alpha value is -5.76. The molecule has 0 bridgehead atoms. The van der Waals surface area contributed by atoms with Crippen LogP contribution in [0.4, 0.5) is 26.3 Å². The SMILES string of the molecule is CC(N)=NC(=O)C(Cc1ccc(-c2ccc(S(C)=O)cc2)cc1)NC(=O)c1cc(-c2cc(C(F)(F)F)cc(C(F)(F)F)c2)ccc1OCc1ccccc1. The van der Waals surface area contributed by atoms with Gasteiger partial charge in [-0.25, -0.2) is 0 Å². The van der Waals surface area contributed by atoms with Gasteiger partial charge in [0.1, 0.15) is 18.4 Å². The van der Waals surface area contributed by atoms with Crippen LogP contribution >= 0.6 is 0 Å². The van der Waals surface area contributed by atoms with E-state index in [9.17, 15) is 40.1 Å². The zero-order valence-corrected chi connectivity index (χ0v) is 29.6. The van der Waals surface area contributed by atoms with Crippen molar-refractivity contribution in [2.75, 3.05) is 6.26 Å². The Kier molecular flexibility index (Phi) is 12.1. The fourth-order valence-electron chi connectivity index (χ4n) is 5.47. The van der Waals surface area contributed by atoms with Crippen molar-refractivity contribution < 1.29 is 44.9 Å². The van der Waals surface area contributed by atoms with Crippen molar-refractivity contribution in [2.24, 2.45) is 10.7 Å². The fraction of sp³-hybridized carbons (Fsp3) is 0.175. The highest BCUT2D eigenvalue weighted by atomic mass is 32.2. The molecule has 0 aliphatic rings. The minimum Gasteiger partial charge on any atom is -0.488 e. The first-order valence-corrected chi connectivity index (χ1v) is 17.8. The Bertz CT molecular complexity index is 2150. The Labute approximate surface area is 309 Å². The standard InChI is InChI=1S/C40H33F6N3O4S/c1-24(47)48-38(51)35(18-25-8-10-27(11-9-25)28-12-15-33(16-13-28)54(2)52)49-37(50)34-21-29(14-17-36(34)53-23-26-6-4-3-5-7-26)30-19-31(39(41,42)43)22-32(20-30)40(44,45)46/h3-17,19-22,35H,18,23H2,1-2H3,(H,49,50)(H2,47,48,51). The monoisotopic (exact) mass is 765 g/mol. The van der Waals surface area contributed by atoms with Crippen molar-refractivity contribution in [1.29, 1.82) is 0 Å². The number of rotatable bonds is 11. The molecule has 0 spiro atoms. The summed E-state index contributed by atoms with van der Waals surface area (Å²) in [6.07, 6.45) is -8.67. The number of alkyl halides is 6. The highest BCUT2D eigenvalue weighted by molar-refractivity contribution is 7.84. The number of nitrogens with zero attached hydrogens (tertiary/aromatic N) is 1. The highest BCUT2D eigenvalue weighted by Crippen LogP contribution is 2.39. The highest BCUT2D eigenvalue weighted by Gasteiger charge is 2.37. The van der Waals surface area contributed by atoms with Gasteiger partial charge >= 0.3 is 12.4 Å². The van der Waals surface area contributed by atoms with Gasteiger partial charge in [0.2, 0.25) is 0 Å². The van der Waals surface area contributed by atoms with Gasteiger partial charge in [-0.2, -0.15) is 31.3 Å². The second kappa shape index (κ2) is 16.5. The van der Waals surface area contributed by atoms with E-state index >= 15 is 0 Å². The summed E-state index contributed by atoms with van der Waals surface area (Å²) < 4.78 is 99.9. The molecule has 2 amide bonds. The minimum absolute atomic E-state index is 0.0163. The zero-order valence-electron chi connectivity index (χ0n) is 28.8. The quantitative estimate of drug-likeness (QED) is 0.0795. The first kappa shape index (κ1) is 39.4. The Morgan fingerprint density at radius 3 is 1.83 bits per heavy atom. The summed E-state index contributed by atoms with van der Waals surface area (Å²) in [5.74, 6) is -1.83. The average Bonchev–Trinajstić information content (AvgIpc) is 3.13. The molecule has 2 unspecified atom stereocenters. The third-order valence-electron chi connectivity index (χ3n) is 8.19. The van der Waals surface area contributed by atoms with E-state index < -0.39 is 57.7 Å². The number of carbonyl (C=O) groups excluding carboxylic acids is 2. The van der Waals surface area contributed by atoms with Gasteiger partial charge in [-0.05, 0) is 82.8 Å². The van der Waals surface area contributed by atoms with Crippen LogP contribution in [0, 0.1) is 0 Å². The van der Waals surface area contributed by atoms with E-state index in [1.807, 2.05) is 12.1 Å². The molecule has 0 aliphatic carbocycles. The predicted molar refractivity (Wildman–Crippen MR) is 194 cm³/mol. The summed E-state index contributed by atoms with van der Waals surface area (Å²) in [5, 5.41) is 2.62. The normalized spacial score (nSPS) is 13.2. The van der Waals surface area contributed by atoms with Crippen molar-refractivity contribution in [3.8, 4) is 28.0 Å². The summed E-state index contributed by atoms with van der Waals surface area (Å²) in [5.41, 5.74) is 4.80. The molecule has 0 radical (unpaired) electrons. The molecule has 3 N–H and O–H groups in total. The molecule has 2 atom stereocenters. The molecule has 0 saturated carbocycles. The number of ether oxygens (including phenoxy) is 1. The van der Waals surface area contributed by atoms with Crippen LogP contribution in [0.25, 0.3) is 22.3 Å². The molecular formula is C40H33F6N3O4S. The summed E-state index contributed by atoms with van der Waals surface area (Å²) in [6.45, 7) is 1.35. The van der Waals surface area contributed by atoms with E-state index in [1.165, 1.54) is 19.1 Å². The van der Waals surface area contributed by atoms with Gasteiger partial charge in [-0.3, -0.25) is 13.8 Å². The van der Waals surface area contributed by atoms with Crippen LogP contribution < -0.4 is 15.8 Å². The van der Waals surface area contributed by atoms with Gasteiger partial charge in [0.25, 0.3) is 11.8 Å². The van der Waals surface area contributed by atoms with Crippen LogP contribution in [0.5, 0.6) is 5.75 Å². The number of halogens is 6.